The summed E-state index contributed by atoms with van der Waals surface area (Å²) >= 11 is 15.5. The fourth-order valence-electron chi connectivity index (χ4n) is 2.06. The molecule has 6 nitrogen and oxygen atoms in total. The SMILES string of the molecule is O=S(=O)(Nc1ncn(Cc2c(Cl)cccc2Cl)n1)c1ccc(Br)cc1. The van der Waals surface area contributed by atoms with Crippen molar-refractivity contribution < 1.29 is 8.42 Å². The molecule has 0 saturated heterocycles. The van der Waals surface area contributed by atoms with Gasteiger partial charge in [-0.2, -0.15) is 4.98 Å². The van der Waals surface area contributed by atoms with Crippen LogP contribution >= 0.6 is 39.1 Å². The molecule has 10 heteroatoms. The number of halogens is 3. The Morgan fingerprint density at radius 1 is 1.08 bits per heavy atom. The number of sulfonamides is 1. The molecule has 0 bridgehead atoms. The van der Waals surface area contributed by atoms with E-state index >= 15 is 0 Å². The van der Waals surface area contributed by atoms with Gasteiger partial charge in [-0.3, -0.25) is 0 Å². The second kappa shape index (κ2) is 7.33. The number of anilines is 1. The third kappa shape index (κ3) is 4.33. The quantitative estimate of drug-likeness (QED) is 0.617. The summed E-state index contributed by atoms with van der Waals surface area (Å²) < 4.78 is 29.2. The third-order valence-corrected chi connectivity index (χ3v) is 5.85. The number of nitrogens with one attached hydrogen (secondary N) is 1. The maximum absolute atomic E-state index is 12.3. The van der Waals surface area contributed by atoms with Crippen LogP contribution in [0.1, 0.15) is 5.56 Å². The van der Waals surface area contributed by atoms with Gasteiger partial charge in [-0.05, 0) is 36.4 Å². The monoisotopic (exact) mass is 460 g/mol. The first-order chi connectivity index (χ1) is 11.8. The summed E-state index contributed by atoms with van der Waals surface area (Å²) in [5.74, 6) is -0.0360. The summed E-state index contributed by atoms with van der Waals surface area (Å²) in [6, 6.07) is 11.4. The molecule has 0 saturated carbocycles. The Balaban J connectivity index is 1.79. The molecule has 0 unspecified atom stereocenters. The predicted octanol–water partition coefficient (Wildman–Crippen LogP) is 4.20. The molecule has 25 heavy (non-hydrogen) atoms. The van der Waals surface area contributed by atoms with Gasteiger partial charge in [-0.15, -0.1) is 5.10 Å². The Labute approximate surface area is 163 Å². The molecule has 130 valence electrons. The van der Waals surface area contributed by atoms with Gasteiger partial charge in [0, 0.05) is 20.1 Å². The van der Waals surface area contributed by atoms with Gasteiger partial charge in [-0.1, -0.05) is 45.2 Å². The number of benzene rings is 2. The third-order valence-electron chi connectivity index (χ3n) is 3.27. The molecular weight excluding hydrogens is 451 g/mol. The molecule has 1 heterocycles. The van der Waals surface area contributed by atoms with Crippen LogP contribution in [0.2, 0.25) is 10.0 Å². The van der Waals surface area contributed by atoms with Crippen molar-refractivity contribution in [3.05, 3.63) is 68.9 Å². The van der Waals surface area contributed by atoms with Crippen molar-refractivity contribution in [2.75, 3.05) is 4.72 Å². The summed E-state index contributed by atoms with van der Waals surface area (Å²) in [7, 11) is -3.77. The minimum Gasteiger partial charge on any atom is -0.246 e. The van der Waals surface area contributed by atoms with Gasteiger partial charge >= 0.3 is 0 Å². The van der Waals surface area contributed by atoms with Gasteiger partial charge < -0.3 is 0 Å². The molecule has 0 spiro atoms. The van der Waals surface area contributed by atoms with Gasteiger partial charge in [0.2, 0.25) is 0 Å². The normalized spacial score (nSPS) is 11.5. The van der Waals surface area contributed by atoms with Crippen LogP contribution < -0.4 is 4.72 Å². The number of hydrogen-bond donors (Lipinski definition) is 1. The molecule has 3 aromatic rings. The Morgan fingerprint density at radius 2 is 1.72 bits per heavy atom. The minimum absolute atomic E-state index is 0.0360. The van der Waals surface area contributed by atoms with E-state index in [0.717, 1.165) is 4.47 Å². The summed E-state index contributed by atoms with van der Waals surface area (Å²) in [6.45, 7) is 0.269. The molecule has 0 radical (unpaired) electrons. The van der Waals surface area contributed by atoms with Crippen molar-refractivity contribution in [3.8, 4) is 0 Å². The zero-order valence-electron chi connectivity index (χ0n) is 12.5. The van der Waals surface area contributed by atoms with E-state index in [2.05, 4.69) is 30.7 Å². The second-order valence-electron chi connectivity index (χ2n) is 5.03. The molecule has 3 rings (SSSR count). The molecule has 1 aromatic heterocycles. The van der Waals surface area contributed by atoms with Crippen molar-refractivity contribution in [1.82, 2.24) is 14.8 Å². The Morgan fingerprint density at radius 3 is 2.36 bits per heavy atom. The van der Waals surface area contributed by atoms with E-state index in [1.807, 2.05) is 0 Å². The highest BCUT2D eigenvalue weighted by Gasteiger charge is 2.16. The van der Waals surface area contributed by atoms with Crippen molar-refractivity contribution in [3.63, 3.8) is 0 Å². The molecular formula is C15H11BrCl2N4O2S. The van der Waals surface area contributed by atoms with E-state index < -0.39 is 10.0 Å². The maximum Gasteiger partial charge on any atom is 0.264 e. The lowest BCUT2D eigenvalue weighted by Crippen LogP contribution is -2.14. The van der Waals surface area contributed by atoms with Crippen LogP contribution in [-0.4, -0.2) is 23.2 Å². The molecule has 0 atom stereocenters. The minimum atomic E-state index is -3.77. The average Bonchev–Trinajstić information content (AvgIpc) is 2.98. The van der Waals surface area contributed by atoms with E-state index in [-0.39, 0.29) is 17.4 Å². The number of aromatic nitrogens is 3. The molecule has 2 aromatic carbocycles. The number of hydrogen-bond acceptors (Lipinski definition) is 4. The van der Waals surface area contributed by atoms with E-state index in [0.29, 0.717) is 15.6 Å². The van der Waals surface area contributed by atoms with Gasteiger partial charge in [0.25, 0.3) is 16.0 Å². The highest BCUT2D eigenvalue weighted by Crippen LogP contribution is 2.25. The Hall–Kier alpha value is -1.61. The number of rotatable bonds is 5. The van der Waals surface area contributed by atoms with Crippen LogP contribution in [-0.2, 0) is 16.6 Å². The Bertz CT molecular complexity index is 986. The first-order valence-corrected chi connectivity index (χ1v) is 9.99. The van der Waals surface area contributed by atoms with Crippen molar-refractivity contribution in [1.29, 1.82) is 0 Å². The van der Waals surface area contributed by atoms with Crippen LogP contribution in [0.5, 0.6) is 0 Å². The van der Waals surface area contributed by atoms with Crippen molar-refractivity contribution in [2.24, 2.45) is 0 Å². The summed E-state index contributed by atoms with van der Waals surface area (Å²) in [4.78, 5) is 4.08. The highest BCUT2D eigenvalue weighted by molar-refractivity contribution is 9.10. The topological polar surface area (TPSA) is 76.9 Å². The average molecular weight is 462 g/mol. The van der Waals surface area contributed by atoms with Crippen molar-refractivity contribution >= 4 is 55.1 Å². The molecule has 0 amide bonds. The molecule has 1 N–H and O–H groups in total. The molecule has 0 aliphatic rings. The number of nitrogens with zero attached hydrogens (tertiary/aromatic N) is 3. The smallest absolute Gasteiger partial charge is 0.246 e. The van der Waals surface area contributed by atoms with Gasteiger partial charge in [0.05, 0.1) is 11.4 Å². The zero-order chi connectivity index (χ0) is 18.0. The first kappa shape index (κ1) is 18.2. The van der Waals surface area contributed by atoms with Crippen LogP contribution in [0.15, 0.2) is 58.2 Å². The first-order valence-electron chi connectivity index (χ1n) is 6.96. The largest absolute Gasteiger partial charge is 0.264 e. The van der Waals surface area contributed by atoms with Crippen LogP contribution in [0, 0.1) is 0 Å². The van der Waals surface area contributed by atoms with Crippen LogP contribution in [0.4, 0.5) is 5.95 Å². The summed E-state index contributed by atoms with van der Waals surface area (Å²) in [6.07, 6.45) is 1.40. The summed E-state index contributed by atoms with van der Waals surface area (Å²) in [5, 5.41) is 5.10. The van der Waals surface area contributed by atoms with Crippen LogP contribution in [0.25, 0.3) is 0 Å². The summed E-state index contributed by atoms with van der Waals surface area (Å²) in [5.41, 5.74) is 0.679. The second-order valence-corrected chi connectivity index (χ2v) is 8.44. The van der Waals surface area contributed by atoms with Gasteiger partial charge in [-0.25, -0.2) is 17.8 Å². The maximum atomic E-state index is 12.3. The fourth-order valence-corrected chi connectivity index (χ4v) is 3.78. The van der Waals surface area contributed by atoms with E-state index in [4.69, 9.17) is 23.2 Å². The standard InChI is InChI=1S/C15H11BrCl2N4O2S/c16-10-4-6-11(7-5-10)25(23,24)21-15-19-9-22(20-15)8-12-13(17)2-1-3-14(12)18/h1-7,9H,8H2,(H,20,21). The molecule has 0 aliphatic heterocycles. The fraction of sp³-hybridized carbons (Fsp3) is 0.0667. The highest BCUT2D eigenvalue weighted by atomic mass is 79.9. The Kier molecular flexibility index (Phi) is 5.33. The van der Waals surface area contributed by atoms with E-state index in [9.17, 15) is 8.42 Å². The lowest BCUT2D eigenvalue weighted by Gasteiger charge is -2.06. The lowest BCUT2D eigenvalue weighted by atomic mass is 10.2. The predicted molar refractivity (Wildman–Crippen MR) is 101 cm³/mol. The van der Waals surface area contributed by atoms with E-state index in [1.165, 1.54) is 23.1 Å². The van der Waals surface area contributed by atoms with Crippen molar-refractivity contribution in [2.45, 2.75) is 11.4 Å². The molecule has 0 aliphatic carbocycles. The van der Waals surface area contributed by atoms with E-state index in [1.54, 1.807) is 30.3 Å². The van der Waals surface area contributed by atoms with Gasteiger partial charge in [0.15, 0.2) is 0 Å². The lowest BCUT2D eigenvalue weighted by molar-refractivity contribution is 0.600. The van der Waals surface area contributed by atoms with Crippen LogP contribution in [0.3, 0.4) is 0 Å². The zero-order valence-corrected chi connectivity index (χ0v) is 16.4. The van der Waals surface area contributed by atoms with Gasteiger partial charge in [0.1, 0.15) is 6.33 Å². The molecule has 0 fully saturated rings.